The SMILES string of the molecule is Cc1ccc(-c2nc(C(=O)CCC=O)oc2-c2ccc(C)cc2)cc1. The summed E-state index contributed by atoms with van der Waals surface area (Å²) in [5.41, 5.74) is 4.68. The van der Waals surface area contributed by atoms with Gasteiger partial charge < -0.3 is 9.21 Å². The Labute approximate surface area is 146 Å². The van der Waals surface area contributed by atoms with E-state index in [0.29, 0.717) is 11.5 Å². The van der Waals surface area contributed by atoms with Gasteiger partial charge in [0.25, 0.3) is 5.89 Å². The lowest BCUT2D eigenvalue weighted by Gasteiger charge is -2.02. The molecule has 0 saturated carbocycles. The van der Waals surface area contributed by atoms with Crippen LogP contribution in [0.25, 0.3) is 22.6 Å². The van der Waals surface area contributed by atoms with Crippen LogP contribution in [0.5, 0.6) is 0 Å². The third kappa shape index (κ3) is 3.74. The van der Waals surface area contributed by atoms with Gasteiger partial charge in [-0.3, -0.25) is 4.79 Å². The fourth-order valence-corrected chi connectivity index (χ4v) is 2.54. The molecule has 1 heterocycles. The average Bonchev–Trinajstić information content (AvgIpc) is 3.06. The molecule has 0 aliphatic heterocycles. The molecule has 0 saturated heterocycles. The first-order valence-electron chi connectivity index (χ1n) is 8.20. The van der Waals surface area contributed by atoms with E-state index in [9.17, 15) is 9.59 Å². The van der Waals surface area contributed by atoms with Crippen molar-refractivity contribution in [3.63, 3.8) is 0 Å². The molecule has 3 rings (SSSR count). The van der Waals surface area contributed by atoms with E-state index < -0.39 is 0 Å². The van der Waals surface area contributed by atoms with Gasteiger partial charge in [0.15, 0.2) is 5.76 Å². The second kappa shape index (κ2) is 7.26. The van der Waals surface area contributed by atoms with Crippen molar-refractivity contribution in [1.29, 1.82) is 0 Å². The van der Waals surface area contributed by atoms with E-state index in [1.54, 1.807) is 0 Å². The number of benzene rings is 2. The Morgan fingerprint density at radius 1 is 0.960 bits per heavy atom. The molecule has 0 radical (unpaired) electrons. The predicted molar refractivity (Wildman–Crippen MR) is 96.5 cm³/mol. The number of carbonyl (C=O) groups is 2. The Bertz CT molecular complexity index is 827. The lowest BCUT2D eigenvalue weighted by molar-refractivity contribution is -0.107. The van der Waals surface area contributed by atoms with Crippen LogP contribution < -0.4 is 0 Å². The van der Waals surface area contributed by atoms with Gasteiger partial charge in [-0.05, 0) is 13.8 Å². The van der Waals surface area contributed by atoms with Crippen molar-refractivity contribution >= 4 is 12.1 Å². The van der Waals surface area contributed by atoms with Crippen molar-refractivity contribution in [1.82, 2.24) is 4.98 Å². The summed E-state index contributed by atoms with van der Waals surface area (Å²) in [5.74, 6) is 0.352. The van der Waals surface area contributed by atoms with E-state index >= 15 is 0 Å². The molecule has 4 heteroatoms. The number of aldehydes is 1. The first kappa shape index (κ1) is 16.8. The van der Waals surface area contributed by atoms with E-state index in [-0.39, 0.29) is 24.5 Å². The van der Waals surface area contributed by atoms with Gasteiger partial charge in [-0.15, -0.1) is 0 Å². The summed E-state index contributed by atoms with van der Waals surface area (Å²) < 4.78 is 5.81. The quantitative estimate of drug-likeness (QED) is 0.481. The van der Waals surface area contributed by atoms with Crippen molar-refractivity contribution < 1.29 is 14.0 Å². The van der Waals surface area contributed by atoms with E-state index in [1.807, 2.05) is 62.4 Å². The van der Waals surface area contributed by atoms with E-state index in [1.165, 1.54) is 0 Å². The zero-order valence-corrected chi connectivity index (χ0v) is 14.3. The number of aromatic nitrogens is 1. The highest BCUT2D eigenvalue weighted by molar-refractivity contribution is 5.94. The van der Waals surface area contributed by atoms with E-state index in [4.69, 9.17) is 4.42 Å². The fraction of sp³-hybridized carbons (Fsp3) is 0.190. The number of nitrogens with zero attached hydrogens (tertiary/aromatic N) is 1. The Balaban J connectivity index is 2.08. The molecule has 0 amide bonds. The highest BCUT2D eigenvalue weighted by Crippen LogP contribution is 2.33. The summed E-state index contributed by atoms with van der Waals surface area (Å²) in [4.78, 5) is 27.2. The Morgan fingerprint density at radius 3 is 2.08 bits per heavy atom. The molecule has 0 aliphatic carbocycles. The topological polar surface area (TPSA) is 60.2 Å². The molecule has 4 nitrogen and oxygen atoms in total. The van der Waals surface area contributed by atoms with Crippen LogP contribution in [0.2, 0.25) is 0 Å². The molecular weight excluding hydrogens is 314 g/mol. The Kier molecular flexibility index (Phi) is 4.89. The van der Waals surface area contributed by atoms with Crippen LogP contribution in [-0.2, 0) is 4.79 Å². The molecule has 126 valence electrons. The maximum absolute atomic E-state index is 12.2. The van der Waals surface area contributed by atoms with Crippen molar-refractivity contribution in [2.45, 2.75) is 26.7 Å². The molecule has 0 aliphatic rings. The number of Topliss-reactive ketones (excluding diaryl/α,β-unsaturated/α-hetero) is 1. The van der Waals surface area contributed by atoms with Crippen LogP contribution in [0.15, 0.2) is 52.9 Å². The van der Waals surface area contributed by atoms with Crippen LogP contribution in [0.4, 0.5) is 0 Å². The minimum Gasteiger partial charge on any atom is -0.433 e. The first-order chi connectivity index (χ1) is 12.1. The number of oxazole rings is 1. The molecule has 0 bridgehead atoms. The van der Waals surface area contributed by atoms with Crippen LogP contribution in [0.3, 0.4) is 0 Å². The molecule has 2 aromatic carbocycles. The van der Waals surface area contributed by atoms with Crippen LogP contribution >= 0.6 is 0 Å². The maximum Gasteiger partial charge on any atom is 0.264 e. The monoisotopic (exact) mass is 333 g/mol. The molecule has 0 N–H and O–H groups in total. The van der Waals surface area contributed by atoms with Crippen LogP contribution in [-0.4, -0.2) is 17.1 Å². The second-order valence-corrected chi connectivity index (χ2v) is 6.06. The zero-order chi connectivity index (χ0) is 17.8. The molecule has 0 atom stereocenters. The minimum atomic E-state index is -0.265. The smallest absolute Gasteiger partial charge is 0.264 e. The normalized spacial score (nSPS) is 10.6. The van der Waals surface area contributed by atoms with Gasteiger partial charge in [-0.25, -0.2) is 4.98 Å². The molecule has 0 fully saturated rings. The van der Waals surface area contributed by atoms with Gasteiger partial charge in [0.2, 0.25) is 5.78 Å². The van der Waals surface area contributed by atoms with Crippen molar-refractivity contribution in [3.8, 4) is 22.6 Å². The number of carbonyl (C=O) groups excluding carboxylic acids is 2. The van der Waals surface area contributed by atoms with E-state index in [0.717, 1.165) is 28.5 Å². The number of hydrogen-bond acceptors (Lipinski definition) is 4. The van der Waals surface area contributed by atoms with Gasteiger partial charge in [-0.1, -0.05) is 59.7 Å². The largest absolute Gasteiger partial charge is 0.433 e. The standard InChI is InChI=1S/C21H19NO3/c1-14-5-9-16(10-6-14)19-20(17-11-7-15(2)8-12-17)25-21(22-19)18(24)4-3-13-23/h5-13H,3-4H2,1-2H3. The van der Waals surface area contributed by atoms with Crippen molar-refractivity contribution in [2.75, 3.05) is 0 Å². The van der Waals surface area contributed by atoms with Gasteiger partial charge >= 0.3 is 0 Å². The summed E-state index contributed by atoms with van der Waals surface area (Å²) in [5, 5.41) is 0. The highest BCUT2D eigenvalue weighted by Gasteiger charge is 2.21. The summed E-state index contributed by atoms with van der Waals surface area (Å²) in [6, 6.07) is 15.8. The Hall–Kier alpha value is -3.01. The summed E-state index contributed by atoms with van der Waals surface area (Å²) in [6.45, 7) is 4.03. The maximum atomic E-state index is 12.2. The summed E-state index contributed by atoms with van der Waals surface area (Å²) in [6.07, 6.45) is 0.994. The minimum absolute atomic E-state index is 0.0491. The van der Waals surface area contributed by atoms with Gasteiger partial charge in [-0.2, -0.15) is 0 Å². The van der Waals surface area contributed by atoms with Crippen LogP contribution in [0, 0.1) is 13.8 Å². The summed E-state index contributed by atoms with van der Waals surface area (Å²) in [7, 11) is 0. The lowest BCUT2D eigenvalue weighted by atomic mass is 10.0. The zero-order valence-electron chi connectivity index (χ0n) is 14.3. The van der Waals surface area contributed by atoms with Gasteiger partial charge in [0.1, 0.15) is 12.0 Å². The molecule has 1 aromatic heterocycles. The Morgan fingerprint density at radius 2 is 1.52 bits per heavy atom. The highest BCUT2D eigenvalue weighted by atomic mass is 16.4. The molecule has 0 spiro atoms. The first-order valence-corrected chi connectivity index (χ1v) is 8.20. The summed E-state index contributed by atoms with van der Waals surface area (Å²) >= 11 is 0. The van der Waals surface area contributed by atoms with Crippen molar-refractivity contribution in [3.05, 3.63) is 65.5 Å². The average molecular weight is 333 g/mol. The fourth-order valence-electron chi connectivity index (χ4n) is 2.54. The van der Waals surface area contributed by atoms with Crippen LogP contribution in [0.1, 0.15) is 34.7 Å². The van der Waals surface area contributed by atoms with Crippen molar-refractivity contribution in [2.24, 2.45) is 0 Å². The molecule has 3 aromatic rings. The third-order valence-corrected chi connectivity index (χ3v) is 3.99. The van der Waals surface area contributed by atoms with Gasteiger partial charge in [0, 0.05) is 24.0 Å². The van der Waals surface area contributed by atoms with E-state index in [2.05, 4.69) is 4.98 Å². The predicted octanol–water partition coefficient (Wildman–Crippen LogP) is 4.79. The number of ketones is 1. The number of hydrogen-bond donors (Lipinski definition) is 0. The molecule has 0 unspecified atom stereocenters. The number of aryl methyl sites for hydroxylation is 2. The van der Waals surface area contributed by atoms with Gasteiger partial charge in [0.05, 0.1) is 0 Å². The molecular formula is C21H19NO3. The lowest BCUT2D eigenvalue weighted by Crippen LogP contribution is -1.99. The molecule has 25 heavy (non-hydrogen) atoms. The third-order valence-electron chi connectivity index (χ3n) is 3.99. The number of rotatable bonds is 6. The second-order valence-electron chi connectivity index (χ2n) is 6.06.